The summed E-state index contributed by atoms with van der Waals surface area (Å²) in [5.74, 6) is 1.75. The third-order valence-corrected chi connectivity index (χ3v) is 3.16. The van der Waals surface area contributed by atoms with Gasteiger partial charge in [-0.3, -0.25) is 9.79 Å². The van der Waals surface area contributed by atoms with Gasteiger partial charge in [0, 0.05) is 13.1 Å². The van der Waals surface area contributed by atoms with Crippen molar-refractivity contribution in [2.45, 2.75) is 32.9 Å². The highest BCUT2D eigenvalue weighted by atomic mass is 127. The van der Waals surface area contributed by atoms with Crippen LogP contribution in [0.1, 0.15) is 47.5 Å². The number of halogens is 1. The number of carbonyl (C=O) groups is 1. The molecule has 9 heteroatoms. The van der Waals surface area contributed by atoms with Crippen molar-refractivity contribution in [3.63, 3.8) is 0 Å². The second-order valence-electron chi connectivity index (χ2n) is 5.28. The second-order valence-corrected chi connectivity index (χ2v) is 5.28. The van der Waals surface area contributed by atoms with Gasteiger partial charge in [0.25, 0.3) is 5.91 Å². The van der Waals surface area contributed by atoms with E-state index in [0.717, 1.165) is 11.5 Å². The van der Waals surface area contributed by atoms with Crippen LogP contribution in [0, 0.1) is 0 Å². The largest absolute Gasteiger partial charge is 0.454 e. The first-order valence-electron chi connectivity index (χ1n) is 7.28. The summed E-state index contributed by atoms with van der Waals surface area (Å²) in [5, 5.41) is 10.2. The molecule has 0 aliphatic carbocycles. The number of nitrogens with zero attached hydrogens (tertiary/aromatic N) is 2. The molecule has 0 bridgehead atoms. The molecule has 0 aromatic carbocycles. The molecule has 0 spiro atoms. The zero-order chi connectivity index (χ0) is 16.8. The Hall–Kier alpha value is -2.04. The number of nitrogens with two attached hydrogens (primary N) is 1. The molecule has 0 aliphatic rings. The van der Waals surface area contributed by atoms with Crippen LogP contribution in [-0.2, 0) is 13.1 Å². The summed E-state index contributed by atoms with van der Waals surface area (Å²) >= 11 is 0. The van der Waals surface area contributed by atoms with Crippen molar-refractivity contribution < 1.29 is 13.7 Å². The van der Waals surface area contributed by atoms with E-state index < -0.39 is 5.91 Å². The molecule has 0 unspecified atom stereocenters. The minimum atomic E-state index is -0.593. The number of amides is 1. The lowest BCUT2D eigenvalue weighted by molar-refractivity contribution is 0.0972. The molecule has 0 aliphatic heterocycles. The van der Waals surface area contributed by atoms with Crippen molar-refractivity contribution >= 4 is 35.8 Å². The maximum absolute atomic E-state index is 11.0. The number of carbonyl (C=O) groups excluding carboxylic acids is 1. The quantitative estimate of drug-likeness (QED) is 0.354. The lowest BCUT2D eigenvalue weighted by Crippen LogP contribution is -2.36. The number of hydrogen-bond acceptors (Lipinski definition) is 5. The van der Waals surface area contributed by atoms with Crippen LogP contribution in [-0.4, -0.2) is 24.1 Å². The Morgan fingerprint density at radius 1 is 1.29 bits per heavy atom. The molecule has 2 rings (SSSR count). The van der Waals surface area contributed by atoms with Crippen LogP contribution in [0.4, 0.5) is 0 Å². The second kappa shape index (κ2) is 9.30. The molecule has 132 valence electrons. The fourth-order valence-corrected chi connectivity index (χ4v) is 1.85. The highest BCUT2D eigenvalue weighted by Crippen LogP contribution is 2.13. The van der Waals surface area contributed by atoms with Crippen molar-refractivity contribution in [1.29, 1.82) is 0 Å². The minimum Gasteiger partial charge on any atom is -0.454 e. The zero-order valence-electron chi connectivity index (χ0n) is 13.8. The molecule has 8 nitrogen and oxygen atoms in total. The summed E-state index contributed by atoms with van der Waals surface area (Å²) in [4.78, 5) is 15.1. The van der Waals surface area contributed by atoms with E-state index in [0.29, 0.717) is 30.7 Å². The molecule has 0 atom stereocenters. The fraction of sp³-hybridized carbons (Fsp3) is 0.400. The van der Waals surface area contributed by atoms with E-state index in [9.17, 15) is 4.79 Å². The van der Waals surface area contributed by atoms with Gasteiger partial charge in [-0.05, 0) is 18.1 Å². The van der Waals surface area contributed by atoms with E-state index in [2.05, 4.69) is 34.6 Å². The van der Waals surface area contributed by atoms with Gasteiger partial charge >= 0.3 is 0 Å². The van der Waals surface area contributed by atoms with Gasteiger partial charge in [-0.25, -0.2) is 0 Å². The molecule has 2 aromatic heterocycles. The molecule has 2 aromatic rings. The van der Waals surface area contributed by atoms with Gasteiger partial charge in [0.15, 0.2) is 17.5 Å². The predicted molar refractivity (Wildman–Crippen MR) is 100 cm³/mol. The highest BCUT2D eigenvalue weighted by Gasteiger charge is 2.09. The van der Waals surface area contributed by atoms with Crippen LogP contribution >= 0.6 is 24.0 Å². The Labute approximate surface area is 157 Å². The third kappa shape index (κ3) is 5.55. The number of aromatic nitrogens is 1. The average molecular weight is 447 g/mol. The van der Waals surface area contributed by atoms with Crippen molar-refractivity contribution in [1.82, 2.24) is 15.8 Å². The van der Waals surface area contributed by atoms with Gasteiger partial charge in [-0.2, -0.15) is 0 Å². The first-order valence-corrected chi connectivity index (χ1v) is 7.28. The average Bonchev–Trinajstić information content (AvgIpc) is 3.16. The highest BCUT2D eigenvalue weighted by molar-refractivity contribution is 14.0. The number of primary amides is 1. The van der Waals surface area contributed by atoms with E-state index in [1.54, 1.807) is 13.1 Å². The Balaban J connectivity index is 0.00000288. The minimum absolute atomic E-state index is 0. The zero-order valence-corrected chi connectivity index (χ0v) is 16.2. The van der Waals surface area contributed by atoms with Gasteiger partial charge < -0.3 is 25.3 Å². The molecule has 0 radical (unpaired) electrons. The van der Waals surface area contributed by atoms with E-state index in [1.807, 2.05) is 6.07 Å². The summed E-state index contributed by atoms with van der Waals surface area (Å²) in [6.45, 7) is 4.95. The van der Waals surface area contributed by atoms with Crippen LogP contribution in [0.25, 0.3) is 0 Å². The number of aliphatic imine (C=N–C) groups is 1. The summed E-state index contributed by atoms with van der Waals surface area (Å²) in [6, 6.07) is 5.14. The van der Waals surface area contributed by atoms with Crippen LogP contribution in [0.3, 0.4) is 0 Å². The van der Waals surface area contributed by atoms with E-state index in [1.165, 1.54) is 6.07 Å². The van der Waals surface area contributed by atoms with Crippen molar-refractivity contribution in [3.8, 4) is 0 Å². The molecule has 2 heterocycles. The maximum atomic E-state index is 11.0. The van der Waals surface area contributed by atoms with Crippen LogP contribution < -0.4 is 16.4 Å². The molecule has 0 saturated heterocycles. The third-order valence-electron chi connectivity index (χ3n) is 3.16. The number of guanidine groups is 1. The van der Waals surface area contributed by atoms with E-state index >= 15 is 0 Å². The molecule has 0 fully saturated rings. The number of furan rings is 1. The maximum Gasteiger partial charge on any atom is 0.284 e. The van der Waals surface area contributed by atoms with Gasteiger partial charge in [0.05, 0.1) is 18.8 Å². The van der Waals surface area contributed by atoms with Gasteiger partial charge in [-0.1, -0.05) is 19.0 Å². The monoisotopic (exact) mass is 447 g/mol. The van der Waals surface area contributed by atoms with Crippen LogP contribution in [0.15, 0.2) is 32.1 Å². The van der Waals surface area contributed by atoms with Gasteiger partial charge in [0.2, 0.25) is 0 Å². The molecule has 4 N–H and O–H groups in total. The molecular formula is C15H22IN5O3. The normalized spacial score (nSPS) is 11.2. The van der Waals surface area contributed by atoms with E-state index in [-0.39, 0.29) is 29.7 Å². The Morgan fingerprint density at radius 3 is 2.46 bits per heavy atom. The number of nitrogens with one attached hydrogen (secondary N) is 2. The fourth-order valence-electron chi connectivity index (χ4n) is 1.85. The molecule has 0 saturated carbocycles. The van der Waals surface area contributed by atoms with E-state index in [4.69, 9.17) is 14.7 Å². The number of rotatable bonds is 6. The Bertz CT molecular complexity index is 693. The predicted octanol–water partition coefficient (Wildman–Crippen LogP) is 1.97. The van der Waals surface area contributed by atoms with Gasteiger partial charge in [0.1, 0.15) is 5.76 Å². The first kappa shape index (κ1) is 20.0. The summed E-state index contributed by atoms with van der Waals surface area (Å²) < 4.78 is 10.5. The smallest absolute Gasteiger partial charge is 0.284 e. The van der Waals surface area contributed by atoms with Crippen molar-refractivity contribution in [2.24, 2.45) is 10.7 Å². The Kier molecular flexibility index (Phi) is 7.75. The number of hydrogen-bond donors (Lipinski definition) is 3. The van der Waals surface area contributed by atoms with Gasteiger partial charge in [-0.15, -0.1) is 24.0 Å². The van der Waals surface area contributed by atoms with Crippen molar-refractivity contribution in [3.05, 3.63) is 41.2 Å². The molecule has 24 heavy (non-hydrogen) atoms. The standard InChI is InChI=1S/C15H21N5O3.HI/c1-9(2)12-6-11(23-20-12)8-19-15(17-3)18-7-10-4-5-13(22-10)14(16)21;/h4-6,9H,7-8H2,1-3H3,(H2,16,21)(H2,17,18,19);1H. The topological polar surface area (TPSA) is 119 Å². The molecular weight excluding hydrogens is 425 g/mol. The molecule has 1 amide bonds. The summed E-state index contributed by atoms with van der Waals surface area (Å²) in [5.41, 5.74) is 6.06. The summed E-state index contributed by atoms with van der Waals surface area (Å²) in [6.07, 6.45) is 0. The van der Waals surface area contributed by atoms with Crippen LogP contribution in [0.2, 0.25) is 0 Å². The lowest BCUT2D eigenvalue weighted by atomic mass is 10.1. The SMILES string of the molecule is CN=C(NCc1cc(C(C)C)no1)NCc1ccc(C(N)=O)o1.I. The Morgan fingerprint density at radius 2 is 1.96 bits per heavy atom. The van der Waals surface area contributed by atoms with Crippen molar-refractivity contribution in [2.75, 3.05) is 7.05 Å². The summed E-state index contributed by atoms with van der Waals surface area (Å²) in [7, 11) is 1.66. The van der Waals surface area contributed by atoms with Crippen LogP contribution in [0.5, 0.6) is 0 Å². The first-order chi connectivity index (χ1) is 11.0. The lowest BCUT2D eigenvalue weighted by Gasteiger charge is -2.09.